The van der Waals surface area contributed by atoms with E-state index in [1.165, 1.54) is 20.8 Å². The van der Waals surface area contributed by atoms with Gasteiger partial charge in [-0.05, 0) is 22.4 Å². The van der Waals surface area contributed by atoms with E-state index in [1.54, 1.807) is 0 Å². The first kappa shape index (κ1) is 9.22. The van der Waals surface area contributed by atoms with Gasteiger partial charge in [0.05, 0.1) is 0 Å². The molecule has 0 spiro atoms. The summed E-state index contributed by atoms with van der Waals surface area (Å²) in [7, 11) is 0. The maximum absolute atomic E-state index is 3.57. The van der Waals surface area contributed by atoms with Gasteiger partial charge in [0.25, 0.3) is 0 Å². The average molecular weight is 300 g/mol. The Bertz CT molecular complexity index is 435. The second kappa shape index (κ2) is 3.81. The zero-order valence-electron chi connectivity index (χ0n) is 6.93. The van der Waals surface area contributed by atoms with E-state index in [-0.39, 0.29) is 0 Å². The zero-order chi connectivity index (χ0) is 9.26. The summed E-state index contributed by atoms with van der Waals surface area (Å²) in [5.74, 6) is 0. The van der Waals surface area contributed by atoms with E-state index in [1.807, 2.05) is 0 Å². The molecular formula is C11H8Br2. The molecule has 2 aromatic carbocycles. The lowest BCUT2D eigenvalue weighted by Gasteiger charge is -2.03. The van der Waals surface area contributed by atoms with E-state index in [0.717, 1.165) is 5.33 Å². The van der Waals surface area contributed by atoms with Gasteiger partial charge in [0.15, 0.2) is 0 Å². The Hall–Kier alpha value is -0.340. The molecule has 0 heterocycles. The van der Waals surface area contributed by atoms with Crippen LogP contribution in [0.1, 0.15) is 5.56 Å². The van der Waals surface area contributed by atoms with Crippen LogP contribution in [0.2, 0.25) is 0 Å². The molecule has 13 heavy (non-hydrogen) atoms. The molecule has 2 aromatic rings. The smallest absolute Gasteiger partial charge is 0.0283 e. The molecule has 0 aromatic heterocycles. The maximum Gasteiger partial charge on any atom is 0.0283 e. The Balaban J connectivity index is 2.77. The summed E-state index contributed by atoms with van der Waals surface area (Å²) in [6, 6.07) is 12.7. The summed E-state index contributed by atoms with van der Waals surface area (Å²) in [6.07, 6.45) is 0. The Labute approximate surface area is 94.2 Å². The number of halogens is 2. The number of hydrogen-bond donors (Lipinski definition) is 0. The predicted octanol–water partition coefficient (Wildman–Crippen LogP) is 4.50. The molecule has 0 aliphatic carbocycles. The van der Waals surface area contributed by atoms with Crippen LogP contribution in [0.15, 0.2) is 40.9 Å². The Morgan fingerprint density at radius 3 is 2.62 bits per heavy atom. The van der Waals surface area contributed by atoms with Crippen molar-refractivity contribution in [3.63, 3.8) is 0 Å². The van der Waals surface area contributed by atoms with E-state index < -0.39 is 0 Å². The van der Waals surface area contributed by atoms with Gasteiger partial charge in [0.1, 0.15) is 0 Å². The number of alkyl halides is 1. The Morgan fingerprint density at radius 1 is 1.08 bits per heavy atom. The molecule has 0 unspecified atom stereocenters. The zero-order valence-corrected chi connectivity index (χ0v) is 10.1. The van der Waals surface area contributed by atoms with Crippen molar-refractivity contribution in [2.75, 3.05) is 0 Å². The third-order valence-corrected chi connectivity index (χ3v) is 3.33. The lowest BCUT2D eigenvalue weighted by atomic mass is 10.1. The Morgan fingerprint density at radius 2 is 1.85 bits per heavy atom. The highest BCUT2D eigenvalue weighted by molar-refractivity contribution is 9.10. The molecule has 66 valence electrons. The number of benzene rings is 2. The molecule has 0 nitrogen and oxygen atoms in total. The molecule has 0 N–H and O–H groups in total. The van der Waals surface area contributed by atoms with Gasteiger partial charge in [0, 0.05) is 9.80 Å². The first-order chi connectivity index (χ1) is 6.31. The van der Waals surface area contributed by atoms with Crippen LogP contribution >= 0.6 is 31.9 Å². The Kier molecular flexibility index (Phi) is 2.70. The van der Waals surface area contributed by atoms with Crippen LogP contribution < -0.4 is 0 Å². The van der Waals surface area contributed by atoms with Gasteiger partial charge in [-0.1, -0.05) is 62.2 Å². The third-order valence-electron chi connectivity index (χ3n) is 2.03. The fourth-order valence-electron chi connectivity index (χ4n) is 1.40. The molecule has 0 saturated heterocycles. The standard InChI is InChI=1S/C11H8Br2/c12-7-8-5-9-3-1-2-4-10(9)11(13)6-8/h1-6H,7H2. The summed E-state index contributed by atoms with van der Waals surface area (Å²) >= 11 is 7.02. The van der Waals surface area contributed by atoms with Gasteiger partial charge in [-0.15, -0.1) is 0 Å². The molecule has 0 atom stereocenters. The summed E-state index contributed by atoms with van der Waals surface area (Å²) in [5, 5.41) is 3.45. The van der Waals surface area contributed by atoms with Crippen molar-refractivity contribution in [2.24, 2.45) is 0 Å². The molecule has 0 amide bonds. The van der Waals surface area contributed by atoms with E-state index in [4.69, 9.17) is 0 Å². The quantitative estimate of drug-likeness (QED) is 0.680. The van der Waals surface area contributed by atoms with Crippen molar-refractivity contribution < 1.29 is 0 Å². The minimum atomic E-state index is 0.899. The molecule has 0 bridgehead atoms. The van der Waals surface area contributed by atoms with Crippen molar-refractivity contribution in [3.05, 3.63) is 46.4 Å². The first-order valence-corrected chi connectivity index (χ1v) is 5.96. The van der Waals surface area contributed by atoms with Crippen LogP contribution in [0.4, 0.5) is 0 Å². The van der Waals surface area contributed by atoms with Crippen LogP contribution in [0.5, 0.6) is 0 Å². The average Bonchev–Trinajstić information content (AvgIpc) is 2.18. The summed E-state index contributed by atoms with van der Waals surface area (Å²) < 4.78 is 1.17. The number of fused-ring (bicyclic) bond motifs is 1. The van der Waals surface area contributed by atoms with Crippen molar-refractivity contribution in [3.8, 4) is 0 Å². The van der Waals surface area contributed by atoms with Crippen molar-refractivity contribution >= 4 is 42.6 Å². The van der Waals surface area contributed by atoms with Gasteiger partial charge < -0.3 is 0 Å². The normalized spacial score (nSPS) is 10.6. The van der Waals surface area contributed by atoms with E-state index in [9.17, 15) is 0 Å². The molecule has 2 heteroatoms. The van der Waals surface area contributed by atoms with Gasteiger partial charge in [-0.25, -0.2) is 0 Å². The van der Waals surface area contributed by atoms with Crippen molar-refractivity contribution in [1.82, 2.24) is 0 Å². The number of rotatable bonds is 1. The monoisotopic (exact) mass is 298 g/mol. The van der Waals surface area contributed by atoms with Crippen LogP contribution in [-0.4, -0.2) is 0 Å². The molecule has 0 radical (unpaired) electrons. The highest BCUT2D eigenvalue weighted by Gasteiger charge is 1.99. The molecule has 0 saturated carbocycles. The highest BCUT2D eigenvalue weighted by atomic mass is 79.9. The molecule has 2 rings (SSSR count). The largest absolute Gasteiger partial charge is 0.0876 e. The van der Waals surface area contributed by atoms with E-state index in [0.29, 0.717) is 0 Å². The van der Waals surface area contributed by atoms with Gasteiger partial charge in [0.2, 0.25) is 0 Å². The molecular weight excluding hydrogens is 292 g/mol. The van der Waals surface area contributed by atoms with Gasteiger partial charge in [-0.2, -0.15) is 0 Å². The van der Waals surface area contributed by atoms with Crippen molar-refractivity contribution in [1.29, 1.82) is 0 Å². The molecule has 0 fully saturated rings. The highest BCUT2D eigenvalue weighted by Crippen LogP contribution is 2.26. The second-order valence-electron chi connectivity index (χ2n) is 2.93. The SMILES string of the molecule is BrCc1cc(Br)c2ccccc2c1. The fourth-order valence-corrected chi connectivity index (χ4v) is 2.38. The van der Waals surface area contributed by atoms with Crippen molar-refractivity contribution in [2.45, 2.75) is 5.33 Å². The lowest BCUT2D eigenvalue weighted by molar-refractivity contribution is 1.45. The summed E-state index contributed by atoms with van der Waals surface area (Å²) in [4.78, 5) is 0. The van der Waals surface area contributed by atoms with Crippen LogP contribution in [-0.2, 0) is 5.33 Å². The summed E-state index contributed by atoms with van der Waals surface area (Å²) in [6.45, 7) is 0. The van der Waals surface area contributed by atoms with Crippen LogP contribution in [0, 0.1) is 0 Å². The van der Waals surface area contributed by atoms with E-state index >= 15 is 0 Å². The number of hydrogen-bond acceptors (Lipinski definition) is 0. The van der Waals surface area contributed by atoms with Crippen LogP contribution in [0.3, 0.4) is 0 Å². The minimum absolute atomic E-state index is 0.899. The topological polar surface area (TPSA) is 0 Å². The third kappa shape index (κ3) is 1.79. The molecule has 0 aliphatic rings. The first-order valence-electron chi connectivity index (χ1n) is 4.04. The van der Waals surface area contributed by atoms with Crippen LogP contribution in [0.25, 0.3) is 10.8 Å². The van der Waals surface area contributed by atoms with Gasteiger partial charge in [-0.3, -0.25) is 0 Å². The molecule has 0 aliphatic heterocycles. The lowest BCUT2D eigenvalue weighted by Crippen LogP contribution is -1.80. The van der Waals surface area contributed by atoms with E-state index in [2.05, 4.69) is 68.3 Å². The minimum Gasteiger partial charge on any atom is -0.0876 e. The maximum atomic E-state index is 3.57. The second-order valence-corrected chi connectivity index (χ2v) is 4.35. The van der Waals surface area contributed by atoms with Gasteiger partial charge >= 0.3 is 0 Å². The predicted molar refractivity (Wildman–Crippen MR) is 64.3 cm³/mol. The fraction of sp³-hybridized carbons (Fsp3) is 0.0909. The summed E-state index contributed by atoms with van der Waals surface area (Å²) in [5.41, 5.74) is 1.30.